The molecule has 0 bridgehead atoms. The summed E-state index contributed by atoms with van der Waals surface area (Å²) in [5, 5.41) is 0. The summed E-state index contributed by atoms with van der Waals surface area (Å²) >= 11 is 0. The van der Waals surface area contributed by atoms with Gasteiger partial charge >= 0.3 is 0 Å². The Labute approximate surface area is 87.6 Å². The topological polar surface area (TPSA) is 38.5 Å². The van der Waals surface area contributed by atoms with E-state index >= 15 is 0 Å². The molecule has 84 valence electrons. The molecular weight excluding hydrogens is 176 g/mol. The van der Waals surface area contributed by atoms with Crippen molar-refractivity contribution < 1.29 is 4.74 Å². The lowest BCUT2D eigenvalue weighted by molar-refractivity contribution is 0.107. The molecule has 0 spiro atoms. The Morgan fingerprint density at radius 3 is 2.86 bits per heavy atom. The van der Waals surface area contributed by atoms with Crippen LogP contribution < -0.4 is 5.73 Å². The smallest absolute Gasteiger partial charge is 0.0710 e. The second-order valence-electron chi connectivity index (χ2n) is 4.28. The quantitative estimate of drug-likeness (QED) is 0.701. The van der Waals surface area contributed by atoms with Crippen LogP contribution in [0.1, 0.15) is 32.6 Å². The Balaban J connectivity index is 2.07. The fourth-order valence-corrected chi connectivity index (χ4v) is 2.06. The summed E-state index contributed by atoms with van der Waals surface area (Å²) in [4.78, 5) is 2.46. The van der Waals surface area contributed by atoms with Gasteiger partial charge in [-0.25, -0.2) is 0 Å². The third-order valence-corrected chi connectivity index (χ3v) is 3.04. The maximum absolute atomic E-state index is 5.97. The van der Waals surface area contributed by atoms with E-state index in [0.29, 0.717) is 12.1 Å². The van der Waals surface area contributed by atoms with E-state index in [0.717, 1.165) is 25.9 Å². The van der Waals surface area contributed by atoms with Crippen molar-refractivity contribution in [2.75, 3.05) is 26.7 Å². The second-order valence-corrected chi connectivity index (χ2v) is 4.28. The molecule has 2 N–H and O–H groups in total. The van der Waals surface area contributed by atoms with Gasteiger partial charge in [-0.1, -0.05) is 13.3 Å². The first-order valence-electron chi connectivity index (χ1n) is 5.77. The molecule has 1 aliphatic rings. The van der Waals surface area contributed by atoms with Crippen molar-refractivity contribution in [3.05, 3.63) is 0 Å². The van der Waals surface area contributed by atoms with Gasteiger partial charge in [0.1, 0.15) is 0 Å². The number of rotatable bonds is 6. The highest BCUT2D eigenvalue weighted by molar-refractivity contribution is 4.76. The van der Waals surface area contributed by atoms with Gasteiger partial charge < -0.3 is 15.4 Å². The van der Waals surface area contributed by atoms with Crippen molar-refractivity contribution >= 4 is 0 Å². The maximum atomic E-state index is 5.97. The van der Waals surface area contributed by atoms with Crippen LogP contribution in [-0.4, -0.2) is 43.8 Å². The summed E-state index contributed by atoms with van der Waals surface area (Å²) in [7, 11) is 1.80. The van der Waals surface area contributed by atoms with Crippen molar-refractivity contribution in [2.24, 2.45) is 5.73 Å². The fraction of sp³-hybridized carbons (Fsp3) is 1.00. The molecule has 0 saturated carbocycles. The van der Waals surface area contributed by atoms with E-state index in [1.165, 1.54) is 19.4 Å². The van der Waals surface area contributed by atoms with Crippen molar-refractivity contribution in [1.82, 2.24) is 4.90 Å². The standard InChI is InChI=1S/C11H24N2O/c1-3-4-10(12)5-7-13-8-6-11(9-13)14-2/h10-11H,3-9,12H2,1-2H3. The van der Waals surface area contributed by atoms with Gasteiger partial charge in [-0.3, -0.25) is 0 Å². The predicted octanol–water partition coefficient (Wildman–Crippen LogP) is 1.22. The van der Waals surface area contributed by atoms with E-state index < -0.39 is 0 Å². The van der Waals surface area contributed by atoms with Crippen LogP contribution in [0.15, 0.2) is 0 Å². The molecule has 1 aliphatic heterocycles. The zero-order chi connectivity index (χ0) is 10.4. The molecule has 1 saturated heterocycles. The van der Waals surface area contributed by atoms with Gasteiger partial charge in [0.15, 0.2) is 0 Å². The molecule has 2 unspecified atom stereocenters. The number of methoxy groups -OCH3 is 1. The minimum atomic E-state index is 0.390. The lowest BCUT2D eigenvalue weighted by Crippen LogP contribution is -2.30. The van der Waals surface area contributed by atoms with Crippen LogP contribution in [0.4, 0.5) is 0 Å². The fourth-order valence-electron chi connectivity index (χ4n) is 2.06. The maximum Gasteiger partial charge on any atom is 0.0710 e. The SMILES string of the molecule is CCCC(N)CCN1CCC(OC)C1. The minimum Gasteiger partial charge on any atom is -0.380 e. The van der Waals surface area contributed by atoms with Crippen molar-refractivity contribution in [2.45, 2.75) is 44.8 Å². The lowest BCUT2D eigenvalue weighted by atomic mass is 10.1. The molecule has 2 atom stereocenters. The molecule has 0 amide bonds. The number of ether oxygens (including phenoxy) is 1. The molecule has 1 fully saturated rings. The van der Waals surface area contributed by atoms with Gasteiger partial charge in [0, 0.05) is 26.2 Å². The molecule has 0 aromatic rings. The zero-order valence-corrected chi connectivity index (χ0v) is 9.54. The van der Waals surface area contributed by atoms with E-state index in [9.17, 15) is 0 Å². The summed E-state index contributed by atoms with van der Waals surface area (Å²) < 4.78 is 5.32. The number of hydrogen-bond acceptors (Lipinski definition) is 3. The van der Waals surface area contributed by atoms with E-state index in [1.54, 1.807) is 7.11 Å². The molecule has 0 aromatic carbocycles. The van der Waals surface area contributed by atoms with E-state index in [4.69, 9.17) is 10.5 Å². The highest BCUT2D eigenvalue weighted by Gasteiger charge is 2.21. The van der Waals surface area contributed by atoms with Gasteiger partial charge in [0.25, 0.3) is 0 Å². The average molecular weight is 200 g/mol. The summed E-state index contributed by atoms with van der Waals surface area (Å²) in [6, 6.07) is 0.390. The number of nitrogens with zero attached hydrogens (tertiary/aromatic N) is 1. The molecule has 1 heterocycles. The normalized spacial score (nSPS) is 25.5. The largest absolute Gasteiger partial charge is 0.380 e. The monoisotopic (exact) mass is 200 g/mol. The molecule has 0 radical (unpaired) electrons. The summed E-state index contributed by atoms with van der Waals surface area (Å²) in [6.45, 7) is 5.60. The highest BCUT2D eigenvalue weighted by Crippen LogP contribution is 2.12. The van der Waals surface area contributed by atoms with Gasteiger partial charge in [0.05, 0.1) is 6.10 Å². The number of hydrogen-bond donors (Lipinski definition) is 1. The predicted molar refractivity (Wildman–Crippen MR) is 59.4 cm³/mol. The first kappa shape index (κ1) is 12.0. The Kier molecular flexibility index (Phi) is 5.45. The lowest BCUT2D eigenvalue weighted by Gasteiger charge is -2.18. The van der Waals surface area contributed by atoms with Crippen LogP contribution in [0.2, 0.25) is 0 Å². The Bertz CT molecular complexity index is 152. The molecule has 0 aromatic heterocycles. The third kappa shape index (κ3) is 3.95. The Morgan fingerprint density at radius 2 is 2.29 bits per heavy atom. The number of nitrogens with two attached hydrogens (primary N) is 1. The van der Waals surface area contributed by atoms with E-state index in [2.05, 4.69) is 11.8 Å². The van der Waals surface area contributed by atoms with Crippen molar-refractivity contribution in [1.29, 1.82) is 0 Å². The first-order valence-corrected chi connectivity index (χ1v) is 5.77. The van der Waals surface area contributed by atoms with Crippen molar-refractivity contribution in [3.63, 3.8) is 0 Å². The van der Waals surface area contributed by atoms with Gasteiger partial charge in [-0.05, 0) is 25.8 Å². The third-order valence-electron chi connectivity index (χ3n) is 3.04. The van der Waals surface area contributed by atoms with Crippen molar-refractivity contribution in [3.8, 4) is 0 Å². The van der Waals surface area contributed by atoms with Crippen LogP contribution in [0.25, 0.3) is 0 Å². The van der Waals surface area contributed by atoms with Crippen LogP contribution in [0.5, 0.6) is 0 Å². The highest BCUT2D eigenvalue weighted by atomic mass is 16.5. The van der Waals surface area contributed by atoms with Crippen LogP contribution in [0, 0.1) is 0 Å². The molecule has 0 aliphatic carbocycles. The zero-order valence-electron chi connectivity index (χ0n) is 9.54. The second kappa shape index (κ2) is 6.38. The molecule has 3 nitrogen and oxygen atoms in total. The molecule has 3 heteroatoms. The molecule has 1 rings (SSSR count). The van der Waals surface area contributed by atoms with Crippen LogP contribution in [-0.2, 0) is 4.74 Å². The minimum absolute atomic E-state index is 0.390. The van der Waals surface area contributed by atoms with E-state index in [-0.39, 0.29) is 0 Å². The van der Waals surface area contributed by atoms with Gasteiger partial charge in [-0.2, -0.15) is 0 Å². The summed E-state index contributed by atoms with van der Waals surface area (Å²) in [5.74, 6) is 0. The summed E-state index contributed by atoms with van der Waals surface area (Å²) in [5.41, 5.74) is 5.97. The molecular formula is C11H24N2O. The number of likely N-dealkylation sites (tertiary alicyclic amines) is 1. The first-order chi connectivity index (χ1) is 6.76. The van der Waals surface area contributed by atoms with Gasteiger partial charge in [-0.15, -0.1) is 0 Å². The summed E-state index contributed by atoms with van der Waals surface area (Å²) in [6.07, 6.45) is 5.12. The van der Waals surface area contributed by atoms with Crippen LogP contribution >= 0.6 is 0 Å². The average Bonchev–Trinajstić information content (AvgIpc) is 2.63. The Hall–Kier alpha value is -0.120. The van der Waals surface area contributed by atoms with Gasteiger partial charge in [0.2, 0.25) is 0 Å². The molecule has 14 heavy (non-hydrogen) atoms. The Morgan fingerprint density at radius 1 is 1.50 bits per heavy atom. The van der Waals surface area contributed by atoms with E-state index in [1.807, 2.05) is 0 Å². The van der Waals surface area contributed by atoms with Crippen LogP contribution in [0.3, 0.4) is 0 Å².